The highest BCUT2D eigenvalue weighted by molar-refractivity contribution is 6.46. The fourth-order valence-electron chi connectivity index (χ4n) is 4.18. The minimum atomic E-state index is -0.711. The van der Waals surface area contributed by atoms with Gasteiger partial charge in [-0.05, 0) is 75.4 Å². The molecule has 0 spiro atoms. The molecule has 1 fully saturated rings. The summed E-state index contributed by atoms with van der Waals surface area (Å²) in [6.45, 7) is 11.0. The number of aliphatic hydroxyl groups is 1. The van der Waals surface area contributed by atoms with E-state index < -0.39 is 17.7 Å². The molecule has 3 rings (SSSR count). The number of aryl methyl sites for hydroxylation is 1. The lowest BCUT2D eigenvalue weighted by Gasteiger charge is -2.26. The second-order valence-electron chi connectivity index (χ2n) is 8.90. The molecular weight excluding hydrogens is 456 g/mol. The molecule has 1 atom stereocenters. The number of amides is 1. The first kappa shape index (κ1) is 26.8. The zero-order valence-corrected chi connectivity index (χ0v) is 21.2. The third-order valence-electron chi connectivity index (χ3n) is 5.91. The van der Waals surface area contributed by atoms with E-state index in [9.17, 15) is 14.7 Å². The summed E-state index contributed by atoms with van der Waals surface area (Å²) < 4.78 is 11.2. The number of benzene rings is 2. The first-order valence-corrected chi connectivity index (χ1v) is 11.9. The second-order valence-corrected chi connectivity index (χ2v) is 8.90. The van der Waals surface area contributed by atoms with Gasteiger partial charge in [0, 0.05) is 12.1 Å². The first-order valence-electron chi connectivity index (χ1n) is 11.9. The average Bonchev–Trinajstić information content (AvgIpc) is 3.11. The largest absolute Gasteiger partial charge is 0.507 e. The smallest absolute Gasteiger partial charge is 0.295 e. The molecule has 7 nitrogen and oxygen atoms in total. The van der Waals surface area contributed by atoms with Crippen LogP contribution in [0.25, 0.3) is 5.76 Å². The molecule has 7 heteroatoms. The number of hydrogen-bond donors (Lipinski definition) is 1. The highest BCUT2D eigenvalue weighted by atomic mass is 16.5. The Morgan fingerprint density at radius 2 is 1.72 bits per heavy atom. The van der Waals surface area contributed by atoms with Crippen LogP contribution < -0.4 is 9.47 Å². The van der Waals surface area contributed by atoms with Gasteiger partial charge < -0.3 is 24.4 Å². The molecule has 1 saturated heterocycles. The summed E-state index contributed by atoms with van der Waals surface area (Å²) in [5, 5.41) is 11.3. The van der Waals surface area contributed by atoms with Crippen molar-refractivity contribution in [3.05, 3.63) is 90.0 Å². The van der Waals surface area contributed by atoms with Crippen molar-refractivity contribution in [3.63, 3.8) is 0 Å². The molecular formula is C29H34N2O5. The fraction of sp³-hybridized carbons (Fsp3) is 0.310. The lowest BCUT2D eigenvalue weighted by Crippen LogP contribution is -2.32. The summed E-state index contributed by atoms with van der Waals surface area (Å²) in [5.74, 6) is -0.219. The van der Waals surface area contributed by atoms with E-state index in [-0.39, 0.29) is 11.3 Å². The Hall–Kier alpha value is -3.84. The molecule has 0 aliphatic carbocycles. The van der Waals surface area contributed by atoms with Gasteiger partial charge in [0.15, 0.2) is 0 Å². The van der Waals surface area contributed by atoms with E-state index >= 15 is 0 Å². The summed E-state index contributed by atoms with van der Waals surface area (Å²) in [7, 11) is 3.91. The third kappa shape index (κ3) is 6.04. The van der Waals surface area contributed by atoms with Crippen molar-refractivity contribution < 1.29 is 24.2 Å². The highest BCUT2D eigenvalue weighted by Gasteiger charge is 2.45. The lowest BCUT2D eigenvalue weighted by atomic mass is 9.94. The Labute approximate surface area is 212 Å². The van der Waals surface area contributed by atoms with E-state index in [0.29, 0.717) is 48.8 Å². The predicted octanol–water partition coefficient (Wildman–Crippen LogP) is 4.50. The molecule has 1 amide bonds. The maximum absolute atomic E-state index is 13.2. The van der Waals surface area contributed by atoms with E-state index in [2.05, 4.69) is 13.2 Å². The maximum atomic E-state index is 13.2. The molecule has 0 radical (unpaired) electrons. The first-order chi connectivity index (χ1) is 17.3. The average molecular weight is 491 g/mol. The van der Waals surface area contributed by atoms with Crippen molar-refractivity contribution in [1.29, 1.82) is 0 Å². The van der Waals surface area contributed by atoms with Crippen LogP contribution in [0.1, 0.15) is 29.2 Å². The van der Waals surface area contributed by atoms with Crippen LogP contribution in [0.15, 0.2) is 73.3 Å². The quantitative estimate of drug-likeness (QED) is 0.204. The van der Waals surface area contributed by atoms with Gasteiger partial charge in [-0.1, -0.05) is 37.4 Å². The monoisotopic (exact) mass is 490 g/mol. The molecule has 190 valence electrons. The SMILES string of the molecule is C=CCOc1ccc(C2C(=C(O)c3ccc(OCC=C)c(C)c3)C(=O)C(=O)N2CCCN(C)C)cc1. The standard InChI is InChI=1S/C29H34N2O5/c1-6-17-35-23-12-9-21(10-13-23)26-25(28(33)29(34)31(26)16-8-15-30(4)5)27(32)22-11-14-24(20(3)19-22)36-18-7-2/h6-7,9-14,19,26,32H,1-2,8,15-18H2,3-5H3. The van der Waals surface area contributed by atoms with Crippen molar-refractivity contribution in [2.24, 2.45) is 0 Å². The van der Waals surface area contributed by atoms with E-state index in [0.717, 1.165) is 12.1 Å². The summed E-state index contributed by atoms with van der Waals surface area (Å²) in [6, 6.07) is 11.7. The van der Waals surface area contributed by atoms with Crippen LogP contribution >= 0.6 is 0 Å². The van der Waals surface area contributed by atoms with Crippen molar-refractivity contribution >= 4 is 17.4 Å². The zero-order chi connectivity index (χ0) is 26.2. The minimum Gasteiger partial charge on any atom is -0.507 e. The Morgan fingerprint density at radius 1 is 1.06 bits per heavy atom. The number of ketones is 1. The van der Waals surface area contributed by atoms with E-state index in [1.807, 2.05) is 38.1 Å². The van der Waals surface area contributed by atoms with Crippen LogP contribution in [0, 0.1) is 6.92 Å². The van der Waals surface area contributed by atoms with Gasteiger partial charge in [0.25, 0.3) is 11.7 Å². The van der Waals surface area contributed by atoms with Gasteiger partial charge in [-0.2, -0.15) is 0 Å². The van der Waals surface area contributed by atoms with Gasteiger partial charge in [-0.15, -0.1) is 0 Å². The van der Waals surface area contributed by atoms with E-state index in [1.54, 1.807) is 47.4 Å². The van der Waals surface area contributed by atoms with E-state index in [1.165, 1.54) is 0 Å². The van der Waals surface area contributed by atoms with E-state index in [4.69, 9.17) is 9.47 Å². The van der Waals surface area contributed by atoms with Gasteiger partial charge in [0.05, 0.1) is 11.6 Å². The lowest BCUT2D eigenvalue weighted by molar-refractivity contribution is -0.139. The molecule has 0 aromatic heterocycles. The fourth-order valence-corrected chi connectivity index (χ4v) is 4.18. The van der Waals surface area contributed by atoms with Crippen LogP contribution in [0.4, 0.5) is 0 Å². The van der Waals surface area contributed by atoms with Crippen LogP contribution in [0.2, 0.25) is 0 Å². The summed E-state index contributed by atoms with van der Waals surface area (Å²) in [4.78, 5) is 29.9. The van der Waals surface area contributed by atoms with Gasteiger partial charge in [-0.3, -0.25) is 9.59 Å². The predicted molar refractivity (Wildman–Crippen MR) is 141 cm³/mol. The van der Waals surface area contributed by atoms with Crippen molar-refractivity contribution in [3.8, 4) is 11.5 Å². The number of rotatable bonds is 12. The summed E-state index contributed by atoms with van der Waals surface area (Å²) >= 11 is 0. The molecule has 1 aliphatic heterocycles. The molecule has 1 heterocycles. The Balaban J connectivity index is 2.04. The molecule has 2 aromatic carbocycles. The number of carbonyl (C=O) groups is 2. The van der Waals surface area contributed by atoms with Gasteiger partial charge >= 0.3 is 0 Å². The Bertz CT molecular complexity index is 1150. The topological polar surface area (TPSA) is 79.3 Å². The van der Waals surface area contributed by atoms with Crippen LogP contribution in [0.3, 0.4) is 0 Å². The minimum absolute atomic E-state index is 0.0729. The Kier molecular flexibility index (Phi) is 9.08. The summed E-state index contributed by atoms with van der Waals surface area (Å²) in [6.07, 6.45) is 3.99. The maximum Gasteiger partial charge on any atom is 0.295 e. The third-order valence-corrected chi connectivity index (χ3v) is 5.91. The van der Waals surface area contributed by atoms with Crippen LogP contribution in [0.5, 0.6) is 11.5 Å². The molecule has 2 aromatic rings. The van der Waals surface area contributed by atoms with Crippen LogP contribution in [-0.4, -0.2) is 67.0 Å². The van der Waals surface area contributed by atoms with Crippen molar-refractivity contribution in [1.82, 2.24) is 9.80 Å². The Morgan fingerprint density at radius 3 is 2.33 bits per heavy atom. The number of nitrogens with zero attached hydrogens (tertiary/aromatic N) is 2. The van der Waals surface area contributed by atoms with Gasteiger partial charge in [-0.25, -0.2) is 0 Å². The van der Waals surface area contributed by atoms with Gasteiger partial charge in [0.1, 0.15) is 30.5 Å². The number of aliphatic hydroxyl groups excluding tert-OH is 1. The molecule has 0 bridgehead atoms. The second kappa shape index (κ2) is 12.2. The summed E-state index contributed by atoms with van der Waals surface area (Å²) in [5.41, 5.74) is 2.03. The molecule has 1 N–H and O–H groups in total. The van der Waals surface area contributed by atoms with Crippen molar-refractivity contribution in [2.75, 3.05) is 40.4 Å². The highest BCUT2D eigenvalue weighted by Crippen LogP contribution is 2.40. The molecule has 36 heavy (non-hydrogen) atoms. The van der Waals surface area contributed by atoms with Crippen molar-refractivity contribution in [2.45, 2.75) is 19.4 Å². The number of likely N-dealkylation sites (tertiary alicyclic amines) is 1. The molecule has 1 aliphatic rings. The number of ether oxygens (including phenoxy) is 2. The number of carbonyl (C=O) groups excluding carboxylic acids is 2. The number of Topliss-reactive ketones (excluding diaryl/α,β-unsaturated/α-hetero) is 1. The molecule has 0 saturated carbocycles. The zero-order valence-electron chi connectivity index (χ0n) is 21.2. The van der Waals surface area contributed by atoms with Crippen LogP contribution in [-0.2, 0) is 9.59 Å². The number of hydrogen-bond acceptors (Lipinski definition) is 6. The van der Waals surface area contributed by atoms with Gasteiger partial charge in [0.2, 0.25) is 0 Å². The molecule has 1 unspecified atom stereocenters. The normalized spacial score (nSPS) is 16.9.